The molecule has 21 heavy (non-hydrogen) atoms. The van der Waals surface area contributed by atoms with Crippen molar-refractivity contribution in [3.63, 3.8) is 0 Å². The molecule has 0 saturated carbocycles. The van der Waals surface area contributed by atoms with E-state index in [2.05, 4.69) is 32.8 Å². The Bertz CT molecular complexity index is 494. The van der Waals surface area contributed by atoms with E-state index in [4.69, 9.17) is 0 Å². The molecular formula is C16H21IN2O2. The topological polar surface area (TPSA) is 49.4 Å². The van der Waals surface area contributed by atoms with E-state index in [1.165, 1.54) is 0 Å². The Hall–Kier alpha value is -0.950. The van der Waals surface area contributed by atoms with Crippen molar-refractivity contribution in [2.45, 2.75) is 19.8 Å². The monoisotopic (exact) mass is 400 g/mol. The molecule has 0 aromatic heterocycles. The molecule has 1 N–H and O–H groups in total. The number of nitrogens with one attached hydrogen (secondary N) is 1. The third-order valence-corrected chi connectivity index (χ3v) is 4.60. The second-order valence-electron chi connectivity index (χ2n) is 5.59. The molecule has 0 radical (unpaired) electrons. The van der Waals surface area contributed by atoms with Crippen LogP contribution in [-0.4, -0.2) is 42.8 Å². The SMILES string of the molecule is CC(=O)NCC1CCN(CC(=O)c2ccc(I)cc2)CC1. The molecule has 1 aliphatic heterocycles. The Labute approximate surface area is 139 Å². The van der Waals surface area contributed by atoms with Gasteiger partial charge in [-0.25, -0.2) is 0 Å². The summed E-state index contributed by atoms with van der Waals surface area (Å²) in [5.41, 5.74) is 0.788. The first-order chi connectivity index (χ1) is 10.0. The lowest BCUT2D eigenvalue weighted by atomic mass is 9.96. The number of Topliss-reactive ketones (excluding diaryl/α,β-unsaturated/α-hetero) is 1. The van der Waals surface area contributed by atoms with Crippen molar-refractivity contribution in [2.24, 2.45) is 5.92 Å². The van der Waals surface area contributed by atoms with Gasteiger partial charge in [-0.3, -0.25) is 14.5 Å². The first-order valence-electron chi connectivity index (χ1n) is 7.30. The third kappa shape index (κ3) is 5.39. The summed E-state index contributed by atoms with van der Waals surface area (Å²) in [7, 11) is 0. The Balaban J connectivity index is 1.76. The molecule has 0 unspecified atom stereocenters. The van der Waals surface area contributed by atoms with Crippen LogP contribution in [0, 0.1) is 9.49 Å². The quantitative estimate of drug-likeness (QED) is 0.610. The summed E-state index contributed by atoms with van der Waals surface area (Å²) in [5.74, 6) is 0.761. The van der Waals surface area contributed by atoms with Crippen molar-refractivity contribution < 1.29 is 9.59 Å². The molecule has 5 heteroatoms. The minimum atomic E-state index is 0.0336. The summed E-state index contributed by atoms with van der Waals surface area (Å²) in [4.78, 5) is 25.3. The van der Waals surface area contributed by atoms with Gasteiger partial charge in [-0.1, -0.05) is 12.1 Å². The number of amides is 1. The summed E-state index contributed by atoms with van der Waals surface area (Å²) >= 11 is 2.24. The van der Waals surface area contributed by atoms with Crippen molar-refractivity contribution in [1.29, 1.82) is 0 Å². The maximum atomic E-state index is 12.2. The van der Waals surface area contributed by atoms with Gasteiger partial charge in [0.05, 0.1) is 6.54 Å². The van der Waals surface area contributed by atoms with Gasteiger partial charge in [0.15, 0.2) is 5.78 Å². The molecule has 0 atom stereocenters. The van der Waals surface area contributed by atoms with Gasteiger partial charge in [-0.15, -0.1) is 0 Å². The molecule has 1 aliphatic rings. The molecule has 1 amide bonds. The third-order valence-electron chi connectivity index (χ3n) is 3.88. The number of hydrogen-bond donors (Lipinski definition) is 1. The van der Waals surface area contributed by atoms with Crippen molar-refractivity contribution in [3.8, 4) is 0 Å². The van der Waals surface area contributed by atoms with Gasteiger partial charge in [-0.2, -0.15) is 0 Å². The number of halogens is 1. The Morgan fingerprint density at radius 3 is 2.43 bits per heavy atom. The number of hydrogen-bond acceptors (Lipinski definition) is 3. The minimum absolute atomic E-state index is 0.0336. The highest BCUT2D eigenvalue weighted by Gasteiger charge is 2.21. The predicted molar refractivity (Wildman–Crippen MR) is 91.3 cm³/mol. The number of likely N-dealkylation sites (tertiary alicyclic amines) is 1. The van der Waals surface area contributed by atoms with Gasteiger partial charge >= 0.3 is 0 Å². The summed E-state index contributed by atoms with van der Waals surface area (Å²) in [6.45, 7) is 4.66. The molecule has 2 rings (SSSR count). The second-order valence-corrected chi connectivity index (χ2v) is 6.83. The molecule has 0 spiro atoms. The van der Waals surface area contributed by atoms with Crippen LogP contribution in [0.2, 0.25) is 0 Å². The molecule has 1 heterocycles. The van der Waals surface area contributed by atoms with Crippen molar-refractivity contribution in [1.82, 2.24) is 10.2 Å². The molecule has 0 bridgehead atoms. The van der Waals surface area contributed by atoms with Crippen molar-refractivity contribution >= 4 is 34.3 Å². The highest BCUT2D eigenvalue weighted by molar-refractivity contribution is 14.1. The maximum absolute atomic E-state index is 12.2. The molecule has 0 aliphatic carbocycles. The van der Waals surface area contributed by atoms with Crippen LogP contribution in [0.25, 0.3) is 0 Å². The zero-order chi connectivity index (χ0) is 15.2. The summed E-state index contributed by atoms with van der Waals surface area (Å²) in [6.07, 6.45) is 2.08. The fourth-order valence-corrected chi connectivity index (χ4v) is 2.93. The molecular weight excluding hydrogens is 379 g/mol. The lowest BCUT2D eigenvalue weighted by molar-refractivity contribution is -0.119. The fourth-order valence-electron chi connectivity index (χ4n) is 2.57. The van der Waals surface area contributed by atoms with E-state index in [0.717, 1.165) is 41.6 Å². The highest BCUT2D eigenvalue weighted by Crippen LogP contribution is 2.17. The Morgan fingerprint density at radius 1 is 1.24 bits per heavy atom. The van der Waals surface area contributed by atoms with Crippen LogP contribution < -0.4 is 5.32 Å². The number of nitrogens with zero attached hydrogens (tertiary/aromatic N) is 1. The number of ketones is 1. The van der Waals surface area contributed by atoms with Crippen LogP contribution >= 0.6 is 22.6 Å². The summed E-state index contributed by atoms with van der Waals surface area (Å²) < 4.78 is 1.14. The van der Waals surface area contributed by atoms with E-state index in [9.17, 15) is 9.59 Å². The number of carbonyl (C=O) groups excluding carboxylic acids is 2. The molecule has 4 nitrogen and oxygen atoms in total. The van der Waals surface area contributed by atoms with Gasteiger partial charge in [0, 0.05) is 22.6 Å². The van der Waals surface area contributed by atoms with Gasteiger partial charge in [0.1, 0.15) is 0 Å². The zero-order valence-electron chi connectivity index (χ0n) is 12.3. The maximum Gasteiger partial charge on any atom is 0.216 e. The first-order valence-corrected chi connectivity index (χ1v) is 8.38. The van der Waals surface area contributed by atoms with Gasteiger partial charge < -0.3 is 5.32 Å². The number of benzene rings is 1. The largest absolute Gasteiger partial charge is 0.356 e. The lowest BCUT2D eigenvalue weighted by Gasteiger charge is -2.31. The number of rotatable bonds is 5. The van der Waals surface area contributed by atoms with Gasteiger partial charge in [0.2, 0.25) is 5.91 Å². The van der Waals surface area contributed by atoms with E-state index >= 15 is 0 Å². The van der Waals surface area contributed by atoms with Crippen molar-refractivity contribution in [2.75, 3.05) is 26.2 Å². The predicted octanol–water partition coefficient (Wildman–Crippen LogP) is 2.32. The van der Waals surface area contributed by atoms with E-state index in [0.29, 0.717) is 12.5 Å². The highest BCUT2D eigenvalue weighted by atomic mass is 127. The normalized spacial score (nSPS) is 16.7. The molecule has 114 valence electrons. The van der Waals surface area contributed by atoms with E-state index in [1.807, 2.05) is 24.3 Å². The average Bonchev–Trinajstić information content (AvgIpc) is 2.47. The lowest BCUT2D eigenvalue weighted by Crippen LogP contribution is -2.40. The van der Waals surface area contributed by atoms with Gasteiger partial charge in [0.25, 0.3) is 0 Å². The molecule has 1 fully saturated rings. The Morgan fingerprint density at radius 2 is 1.86 bits per heavy atom. The van der Waals surface area contributed by atoms with Crippen LogP contribution in [0.5, 0.6) is 0 Å². The van der Waals surface area contributed by atoms with E-state index in [-0.39, 0.29) is 11.7 Å². The molecule has 1 aromatic rings. The summed E-state index contributed by atoms with van der Waals surface area (Å²) in [5, 5.41) is 2.88. The Kier molecular flexibility index (Phi) is 6.17. The minimum Gasteiger partial charge on any atom is -0.356 e. The number of carbonyl (C=O) groups is 2. The first kappa shape index (κ1) is 16.4. The van der Waals surface area contributed by atoms with Crippen LogP contribution in [-0.2, 0) is 4.79 Å². The standard InChI is InChI=1S/C16H21IN2O2/c1-12(20)18-10-13-6-8-19(9-7-13)11-16(21)14-2-4-15(17)5-3-14/h2-5,13H,6-11H2,1H3,(H,18,20). The molecule has 1 saturated heterocycles. The molecule has 1 aromatic carbocycles. The second kappa shape index (κ2) is 7.89. The van der Waals surface area contributed by atoms with E-state index < -0.39 is 0 Å². The van der Waals surface area contributed by atoms with Crippen LogP contribution in [0.1, 0.15) is 30.1 Å². The van der Waals surface area contributed by atoms with Crippen LogP contribution in [0.4, 0.5) is 0 Å². The fraction of sp³-hybridized carbons (Fsp3) is 0.500. The summed E-state index contributed by atoms with van der Waals surface area (Å²) in [6, 6.07) is 7.72. The van der Waals surface area contributed by atoms with Gasteiger partial charge in [-0.05, 0) is 66.6 Å². The van der Waals surface area contributed by atoms with E-state index in [1.54, 1.807) is 6.92 Å². The number of piperidine rings is 1. The van der Waals surface area contributed by atoms with Crippen LogP contribution in [0.3, 0.4) is 0 Å². The van der Waals surface area contributed by atoms with Crippen molar-refractivity contribution in [3.05, 3.63) is 33.4 Å². The van der Waals surface area contributed by atoms with Crippen LogP contribution in [0.15, 0.2) is 24.3 Å². The zero-order valence-corrected chi connectivity index (χ0v) is 14.4. The smallest absolute Gasteiger partial charge is 0.216 e. The average molecular weight is 400 g/mol.